The molecule has 23 heavy (non-hydrogen) atoms. The number of pyridine rings is 1. The summed E-state index contributed by atoms with van der Waals surface area (Å²) in [5.41, 5.74) is 1.35. The first kappa shape index (κ1) is 15.7. The number of sulfone groups is 1. The van der Waals surface area contributed by atoms with Crippen LogP contribution in [0.25, 0.3) is 0 Å². The zero-order chi connectivity index (χ0) is 16.6. The van der Waals surface area contributed by atoms with Gasteiger partial charge >= 0.3 is 0 Å². The van der Waals surface area contributed by atoms with Crippen LogP contribution in [0.15, 0.2) is 46.1 Å². The molecule has 1 aromatic carbocycles. The van der Waals surface area contributed by atoms with E-state index in [9.17, 15) is 18.0 Å². The number of Topliss-reactive ketones (excluding diaryl/α,β-unsaturated/α-hetero) is 1. The molecule has 1 aliphatic carbocycles. The molecular formula is C17H17NO4S. The Morgan fingerprint density at radius 2 is 1.78 bits per heavy atom. The van der Waals surface area contributed by atoms with Gasteiger partial charge in [0.15, 0.2) is 15.6 Å². The van der Waals surface area contributed by atoms with Crippen molar-refractivity contribution in [2.24, 2.45) is 0 Å². The van der Waals surface area contributed by atoms with Crippen LogP contribution in [0, 0.1) is 0 Å². The van der Waals surface area contributed by atoms with Crippen molar-refractivity contribution in [3.05, 3.63) is 63.6 Å². The molecule has 0 radical (unpaired) electrons. The van der Waals surface area contributed by atoms with E-state index in [1.54, 1.807) is 0 Å². The van der Waals surface area contributed by atoms with Crippen LogP contribution in [0.2, 0.25) is 0 Å². The van der Waals surface area contributed by atoms with Crippen LogP contribution in [0.4, 0.5) is 0 Å². The molecule has 2 aromatic rings. The fraction of sp³-hybridized carbons (Fsp3) is 0.294. The zero-order valence-corrected chi connectivity index (χ0v) is 13.6. The van der Waals surface area contributed by atoms with E-state index in [0.29, 0.717) is 30.5 Å². The summed E-state index contributed by atoms with van der Waals surface area (Å²) in [4.78, 5) is 24.5. The van der Waals surface area contributed by atoms with E-state index in [0.717, 1.165) is 11.8 Å². The molecular weight excluding hydrogens is 314 g/mol. The topological polar surface area (TPSA) is 73.2 Å². The number of fused-ring (bicyclic) bond motifs is 1. The summed E-state index contributed by atoms with van der Waals surface area (Å²) in [5.74, 6) is -0.0991. The zero-order valence-electron chi connectivity index (χ0n) is 12.8. The van der Waals surface area contributed by atoms with Gasteiger partial charge in [0.1, 0.15) is 4.90 Å². The van der Waals surface area contributed by atoms with Gasteiger partial charge in [0, 0.05) is 23.9 Å². The van der Waals surface area contributed by atoms with Crippen LogP contribution in [0.1, 0.15) is 34.5 Å². The minimum absolute atomic E-state index is 0.0991. The summed E-state index contributed by atoms with van der Waals surface area (Å²) in [6.45, 7) is 0.263. The van der Waals surface area contributed by atoms with E-state index in [1.165, 1.54) is 10.6 Å². The van der Waals surface area contributed by atoms with Gasteiger partial charge in [0.05, 0.1) is 6.54 Å². The first-order chi connectivity index (χ1) is 10.9. The number of benzene rings is 1. The molecule has 0 amide bonds. The van der Waals surface area contributed by atoms with Crippen LogP contribution in [0.5, 0.6) is 0 Å². The highest BCUT2D eigenvalue weighted by molar-refractivity contribution is 7.90. The Morgan fingerprint density at radius 1 is 1.09 bits per heavy atom. The third-order valence-electron chi connectivity index (χ3n) is 4.07. The lowest BCUT2D eigenvalue weighted by atomic mass is 9.94. The molecule has 6 heteroatoms. The normalized spacial score (nSPS) is 14.6. The van der Waals surface area contributed by atoms with Crippen LogP contribution in [-0.4, -0.2) is 25.0 Å². The van der Waals surface area contributed by atoms with E-state index in [4.69, 9.17) is 0 Å². The van der Waals surface area contributed by atoms with Crippen LogP contribution in [0.3, 0.4) is 0 Å². The van der Waals surface area contributed by atoms with Crippen molar-refractivity contribution in [3.63, 3.8) is 0 Å². The number of rotatable bonds is 3. The molecule has 120 valence electrons. The molecule has 3 rings (SSSR count). The minimum atomic E-state index is -3.69. The largest absolute Gasteiger partial charge is 0.306 e. The first-order valence-corrected chi connectivity index (χ1v) is 9.31. The van der Waals surface area contributed by atoms with Gasteiger partial charge in [-0.3, -0.25) is 9.59 Å². The summed E-state index contributed by atoms with van der Waals surface area (Å²) >= 11 is 0. The molecule has 5 nitrogen and oxygen atoms in total. The summed E-state index contributed by atoms with van der Waals surface area (Å²) in [6.07, 6.45) is 2.67. The SMILES string of the molecule is CS(=O)(=O)c1cc2c(n(Cc3ccccc3)c1=O)CCCC2=O. The molecule has 0 aliphatic heterocycles. The van der Waals surface area contributed by atoms with Crippen molar-refractivity contribution < 1.29 is 13.2 Å². The van der Waals surface area contributed by atoms with Crippen molar-refractivity contribution >= 4 is 15.6 Å². The maximum absolute atomic E-state index is 12.7. The van der Waals surface area contributed by atoms with Gasteiger partial charge in [-0.05, 0) is 24.5 Å². The Kier molecular flexibility index (Phi) is 3.93. The molecule has 0 bridgehead atoms. The summed E-state index contributed by atoms with van der Waals surface area (Å²) in [7, 11) is -3.69. The molecule has 0 atom stereocenters. The molecule has 0 saturated carbocycles. The first-order valence-electron chi connectivity index (χ1n) is 7.42. The molecule has 0 fully saturated rings. The van der Waals surface area contributed by atoms with Crippen molar-refractivity contribution in [2.45, 2.75) is 30.7 Å². The number of carbonyl (C=O) groups is 1. The second kappa shape index (κ2) is 5.77. The fourth-order valence-corrected chi connectivity index (χ4v) is 3.70. The Hall–Kier alpha value is -2.21. The second-order valence-corrected chi connectivity index (χ2v) is 7.78. The average Bonchev–Trinajstić information content (AvgIpc) is 2.50. The summed E-state index contributed by atoms with van der Waals surface area (Å²) < 4.78 is 25.3. The molecule has 1 aliphatic rings. The van der Waals surface area contributed by atoms with Crippen LogP contribution >= 0.6 is 0 Å². The lowest BCUT2D eigenvalue weighted by Gasteiger charge is -2.21. The third-order valence-corrected chi connectivity index (χ3v) is 5.16. The average molecular weight is 331 g/mol. The maximum atomic E-state index is 12.7. The number of hydrogen-bond acceptors (Lipinski definition) is 4. The number of ketones is 1. The molecule has 0 saturated heterocycles. The molecule has 1 heterocycles. The Labute approximate surface area is 134 Å². The quantitative estimate of drug-likeness (QED) is 0.860. The van der Waals surface area contributed by atoms with Gasteiger partial charge in [-0.15, -0.1) is 0 Å². The number of carbonyl (C=O) groups excluding carboxylic acids is 1. The predicted octanol–water partition coefficient (Wildman–Crippen LogP) is 1.82. The molecule has 0 spiro atoms. The molecule has 0 unspecified atom stereocenters. The maximum Gasteiger partial charge on any atom is 0.269 e. The smallest absolute Gasteiger partial charge is 0.269 e. The van der Waals surface area contributed by atoms with Crippen LogP contribution in [-0.2, 0) is 22.8 Å². The van der Waals surface area contributed by atoms with Gasteiger partial charge in [-0.1, -0.05) is 30.3 Å². The number of hydrogen-bond donors (Lipinski definition) is 0. The fourth-order valence-electron chi connectivity index (χ4n) is 2.94. The van der Waals surface area contributed by atoms with Gasteiger partial charge in [-0.2, -0.15) is 0 Å². The van der Waals surface area contributed by atoms with Gasteiger partial charge < -0.3 is 4.57 Å². The summed E-state index contributed by atoms with van der Waals surface area (Å²) in [6, 6.07) is 10.6. The van der Waals surface area contributed by atoms with Crippen molar-refractivity contribution in [1.29, 1.82) is 0 Å². The molecule has 1 aromatic heterocycles. The van der Waals surface area contributed by atoms with Crippen molar-refractivity contribution in [3.8, 4) is 0 Å². The van der Waals surface area contributed by atoms with Gasteiger partial charge in [0.25, 0.3) is 5.56 Å². The number of aromatic nitrogens is 1. The summed E-state index contributed by atoms with van der Waals surface area (Å²) in [5, 5.41) is 0. The monoisotopic (exact) mass is 331 g/mol. The van der Waals surface area contributed by atoms with Crippen LogP contribution < -0.4 is 5.56 Å². The van der Waals surface area contributed by atoms with Gasteiger partial charge in [-0.25, -0.2) is 8.42 Å². The minimum Gasteiger partial charge on any atom is -0.306 e. The highest BCUT2D eigenvalue weighted by atomic mass is 32.2. The second-order valence-electron chi connectivity index (χ2n) is 5.79. The van der Waals surface area contributed by atoms with E-state index < -0.39 is 15.4 Å². The third kappa shape index (κ3) is 2.99. The highest BCUT2D eigenvalue weighted by Crippen LogP contribution is 2.23. The van der Waals surface area contributed by atoms with Crippen molar-refractivity contribution in [1.82, 2.24) is 4.57 Å². The van der Waals surface area contributed by atoms with Gasteiger partial charge in [0.2, 0.25) is 0 Å². The lowest BCUT2D eigenvalue weighted by Crippen LogP contribution is -2.32. The Balaban J connectivity index is 2.26. The number of nitrogens with zero attached hydrogens (tertiary/aromatic N) is 1. The Morgan fingerprint density at radius 3 is 2.43 bits per heavy atom. The standard InChI is InChI=1S/C17H17NO4S/c1-23(21,22)16-10-13-14(8-5-9-15(13)19)18(17(16)20)11-12-6-3-2-4-7-12/h2-4,6-7,10H,5,8-9,11H2,1H3. The van der Waals surface area contributed by atoms with E-state index >= 15 is 0 Å². The molecule has 0 N–H and O–H groups in total. The predicted molar refractivity (Wildman–Crippen MR) is 86.6 cm³/mol. The van der Waals surface area contributed by atoms with E-state index in [2.05, 4.69) is 0 Å². The lowest BCUT2D eigenvalue weighted by molar-refractivity contribution is 0.0970. The van der Waals surface area contributed by atoms with E-state index in [1.807, 2.05) is 30.3 Å². The highest BCUT2D eigenvalue weighted by Gasteiger charge is 2.26. The van der Waals surface area contributed by atoms with Crippen molar-refractivity contribution in [2.75, 3.05) is 6.26 Å². The van der Waals surface area contributed by atoms with E-state index in [-0.39, 0.29) is 17.2 Å². The Bertz CT molecular complexity index is 927.